The average molecular weight is 332 g/mol. The van der Waals surface area contributed by atoms with Gasteiger partial charge in [0.25, 0.3) is 5.91 Å². The molecule has 4 nitrogen and oxygen atoms in total. The Labute approximate surface area is 147 Å². The minimum Gasteiger partial charge on any atom is -0.491 e. The van der Waals surface area contributed by atoms with Gasteiger partial charge in [-0.1, -0.05) is 48.5 Å². The van der Waals surface area contributed by atoms with Crippen molar-refractivity contribution < 1.29 is 9.53 Å². The first-order chi connectivity index (χ1) is 12.3. The molecule has 1 unspecified atom stereocenters. The molecule has 2 heterocycles. The number of benzene rings is 2. The molecule has 0 aliphatic carbocycles. The minimum atomic E-state index is -0.0612. The SMILES string of the molecule is O=C(NC1COc2ccccc2C1)c1cccn1Cc1ccccc1. The first-order valence-electron chi connectivity index (χ1n) is 8.50. The monoisotopic (exact) mass is 332 g/mol. The fourth-order valence-corrected chi connectivity index (χ4v) is 3.22. The number of carbonyl (C=O) groups excluding carboxylic acids is 1. The topological polar surface area (TPSA) is 43.3 Å². The van der Waals surface area contributed by atoms with E-state index in [-0.39, 0.29) is 11.9 Å². The second kappa shape index (κ2) is 6.85. The Morgan fingerprint density at radius 1 is 1.04 bits per heavy atom. The Morgan fingerprint density at radius 2 is 1.84 bits per heavy atom. The lowest BCUT2D eigenvalue weighted by Gasteiger charge is -2.26. The molecule has 1 aliphatic rings. The second-order valence-electron chi connectivity index (χ2n) is 6.30. The lowest BCUT2D eigenvalue weighted by atomic mass is 10.0. The molecule has 4 heteroatoms. The molecule has 1 N–H and O–H groups in total. The molecule has 1 atom stereocenters. The van der Waals surface area contributed by atoms with Crippen LogP contribution in [0.4, 0.5) is 0 Å². The lowest BCUT2D eigenvalue weighted by Crippen LogP contribution is -2.43. The predicted octanol–water partition coefficient (Wildman–Crippen LogP) is 3.27. The van der Waals surface area contributed by atoms with Gasteiger partial charge < -0.3 is 14.6 Å². The van der Waals surface area contributed by atoms with Gasteiger partial charge in [0, 0.05) is 12.7 Å². The van der Waals surface area contributed by atoms with E-state index in [1.54, 1.807) is 0 Å². The number of amides is 1. The second-order valence-corrected chi connectivity index (χ2v) is 6.30. The Morgan fingerprint density at radius 3 is 2.72 bits per heavy atom. The zero-order chi connectivity index (χ0) is 17.1. The van der Waals surface area contributed by atoms with Crippen LogP contribution in [0, 0.1) is 0 Å². The molecule has 0 bridgehead atoms. The van der Waals surface area contributed by atoms with Crippen molar-refractivity contribution in [3.05, 3.63) is 89.7 Å². The molecule has 0 spiro atoms. The standard InChI is InChI=1S/C21H20N2O2/c24-21(22-18-13-17-9-4-5-11-20(17)25-15-18)19-10-6-12-23(19)14-16-7-2-1-3-8-16/h1-12,18H,13-15H2,(H,22,24). The van der Waals surface area contributed by atoms with Crippen LogP contribution in [0.15, 0.2) is 72.9 Å². The normalized spacial score (nSPS) is 15.9. The minimum absolute atomic E-state index is 0.0116. The summed E-state index contributed by atoms with van der Waals surface area (Å²) in [5.74, 6) is 0.856. The number of para-hydroxylation sites is 1. The third kappa shape index (κ3) is 3.43. The van der Waals surface area contributed by atoms with Crippen molar-refractivity contribution in [1.29, 1.82) is 0 Å². The van der Waals surface area contributed by atoms with Gasteiger partial charge in [0.1, 0.15) is 18.1 Å². The number of rotatable bonds is 4. The Balaban J connectivity index is 1.45. The molecule has 0 saturated heterocycles. The van der Waals surface area contributed by atoms with Crippen LogP contribution in [-0.4, -0.2) is 23.1 Å². The number of hydrogen-bond donors (Lipinski definition) is 1. The summed E-state index contributed by atoms with van der Waals surface area (Å²) in [5.41, 5.74) is 2.98. The van der Waals surface area contributed by atoms with Crippen molar-refractivity contribution in [2.75, 3.05) is 6.61 Å². The number of ether oxygens (including phenoxy) is 1. The summed E-state index contributed by atoms with van der Waals surface area (Å²) in [6, 6.07) is 21.9. The van der Waals surface area contributed by atoms with Gasteiger partial charge in [0.15, 0.2) is 0 Å². The first-order valence-corrected chi connectivity index (χ1v) is 8.50. The van der Waals surface area contributed by atoms with Gasteiger partial charge in [0.2, 0.25) is 0 Å². The van der Waals surface area contributed by atoms with Crippen LogP contribution in [0.25, 0.3) is 0 Å². The molecular formula is C21H20N2O2. The molecular weight excluding hydrogens is 312 g/mol. The summed E-state index contributed by atoms with van der Waals surface area (Å²) >= 11 is 0. The fraction of sp³-hybridized carbons (Fsp3) is 0.190. The summed E-state index contributed by atoms with van der Waals surface area (Å²) < 4.78 is 7.73. The van der Waals surface area contributed by atoms with Gasteiger partial charge in [0.05, 0.1) is 6.04 Å². The Kier molecular flexibility index (Phi) is 4.25. The van der Waals surface area contributed by atoms with Crippen LogP contribution in [0.3, 0.4) is 0 Å². The fourth-order valence-electron chi connectivity index (χ4n) is 3.22. The van der Waals surface area contributed by atoms with Crippen LogP contribution >= 0.6 is 0 Å². The van der Waals surface area contributed by atoms with E-state index >= 15 is 0 Å². The maximum atomic E-state index is 12.7. The van der Waals surface area contributed by atoms with E-state index in [2.05, 4.69) is 17.4 Å². The van der Waals surface area contributed by atoms with E-state index in [1.807, 2.05) is 65.4 Å². The largest absolute Gasteiger partial charge is 0.491 e. The van der Waals surface area contributed by atoms with E-state index in [0.29, 0.717) is 18.8 Å². The zero-order valence-corrected chi connectivity index (χ0v) is 13.9. The van der Waals surface area contributed by atoms with Gasteiger partial charge in [-0.2, -0.15) is 0 Å². The van der Waals surface area contributed by atoms with Crippen molar-refractivity contribution in [2.45, 2.75) is 19.0 Å². The van der Waals surface area contributed by atoms with E-state index in [4.69, 9.17) is 4.74 Å². The van der Waals surface area contributed by atoms with Gasteiger partial charge in [-0.25, -0.2) is 0 Å². The molecule has 0 radical (unpaired) electrons. The van der Waals surface area contributed by atoms with Crippen LogP contribution < -0.4 is 10.1 Å². The molecule has 25 heavy (non-hydrogen) atoms. The Hall–Kier alpha value is -3.01. The molecule has 4 rings (SSSR count). The van der Waals surface area contributed by atoms with Crippen LogP contribution in [0.1, 0.15) is 21.6 Å². The quantitative estimate of drug-likeness (QED) is 0.797. The number of nitrogens with zero attached hydrogens (tertiary/aromatic N) is 1. The van der Waals surface area contributed by atoms with Crippen molar-refractivity contribution in [3.8, 4) is 5.75 Å². The number of fused-ring (bicyclic) bond motifs is 1. The molecule has 1 aliphatic heterocycles. The third-order valence-electron chi connectivity index (χ3n) is 4.47. The van der Waals surface area contributed by atoms with E-state index in [9.17, 15) is 4.79 Å². The maximum Gasteiger partial charge on any atom is 0.268 e. The lowest BCUT2D eigenvalue weighted by molar-refractivity contribution is 0.0906. The summed E-state index contributed by atoms with van der Waals surface area (Å²) in [6.45, 7) is 1.18. The van der Waals surface area contributed by atoms with Crippen molar-refractivity contribution >= 4 is 5.91 Å². The number of aromatic nitrogens is 1. The molecule has 2 aromatic carbocycles. The zero-order valence-electron chi connectivity index (χ0n) is 13.9. The number of carbonyl (C=O) groups is 1. The average Bonchev–Trinajstić information content (AvgIpc) is 3.11. The van der Waals surface area contributed by atoms with E-state index in [1.165, 1.54) is 5.56 Å². The molecule has 126 valence electrons. The summed E-state index contributed by atoms with van der Waals surface area (Å²) in [6.07, 6.45) is 2.73. The highest BCUT2D eigenvalue weighted by atomic mass is 16.5. The van der Waals surface area contributed by atoms with Crippen LogP contribution in [-0.2, 0) is 13.0 Å². The summed E-state index contributed by atoms with van der Waals surface area (Å²) in [5, 5.41) is 3.10. The highest BCUT2D eigenvalue weighted by Gasteiger charge is 2.22. The van der Waals surface area contributed by atoms with Crippen molar-refractivity contribution in [2.24, 2.45) is 0 Å². The summed E-state index contributed by atoms with van der Waals surface area (Å²) in [4.78, 5) is 12.7. The van der Waals surface area contributed by atoms with Gasteiger partial charge >= 0.3 is 0 Å². The first kappa shape index (κ1) is 15.5. The van der Waals surface area contributed by atoms with Crippen LogP contribution in [0.5, 0.6) is 5.75 Å². The highest BCUT2D eigenvalue weighted by molar-refractivity contribution is 5.93. The van der Waals surface area contributed by atoms with Gasteiger partial charge in [-0.15, -0.1) is 0 Å². The van der Waals surface area contributed by atoms with Crippen molar-refractivity contribution in [3.63, 3.8) is 0 Å². The van der Waals surface area contributed by atoms with Gasteiger partial charge in [-0.05, 0) is 35.7 Å². The number of nitrogens with one attached hydrogen (secondary N) is 1. The smallest absolute Gasteiger partial charge is 0.268 e. The molecule has 0 saturated carbocycles. The van der Waals surface area contributed by atoms with Crippen LogP contribution in [0.2, 0.25) is 0 Å². The van der Waals surface area contributed by atoms with E-state index < -0.39 is 0 Å². The molecule has 1 aromatic heterocycles. The summed E-state index contributed by atoms with van der Waals surface area (Å²) in [7, 11) is 0. The Bertz CT molecular complexity index is 870. The maximum absolute atomic E-state index is 12.7. The number of hydrogen-bond acceptors (Lipinski definition) is 2. The third-order valence-corrected chi connectivity index (χ3v) is 4.47. The molecule has 3 aromatic rings. The van der Waals surface area contributed by atoms with Gasteiger partial charge in [-0.3, -0.25) is 4.79 Å². The highest BCUT2D eigenvalue weighted by Crippen LogP contribution is 2.24. The van der Waals surface area contributed by atoms with E-state index in [0.717, 1.165) is 17.7 Å². The molecule has 1 amide bonds. The predicted molar refractivity (Wildman–Crippen MR) is 96.9 cm³/mol. The molecule has 0 fully saturated rings. The van der Waals surface area contributed by atoms with Crippen molar-refractivity contribution in [1.82, 2.24) is 9.88 Å².